The van der Waals surface area contributed by atoms with E-state index in [1.165, 1.54) is 6.33 Å². The van der Waals surface area contributed by atoms with Gasteiger partial charge in [0.15, 0.2) is 17.5 Å². The first-order chi connectivity index (χ1) is 32.9. The lowest BCUT2D eigenvalue weighted by molar-refractivity contribution is 0.102. The molecule has 0 saturated heterocycles. The maximum Gasteiger partial charge on any atom is 0.213 e. The molecule has 0 amide bonds. The summed E-state index contributed by atoms with van der Waals surface area (Å²) in [4.78, 5) is 50.5. The van der Waals surface area contributed by atoms with Crippen LogP contribution < -0.4 is 21.9 Å². The summed E-state index contributed by atoms with van der Waals surface area (Å²) in [5.41, 5.74) is 26.0. The van der Waals surface area contributed by atoms with Crippen molar-refractivity contribution < 1.29 is 19.1 Å². The van der Waals surface area contributed by atoms with Crippen LogP contribution in [0.25, 0.3) is 17.1 Å². The summed E-state index contributed by atoms with van der Waals surface area (Å²) in [6.07, 6.45) is 5.00. The number of nitrogens with zero attached hydrogens (tertiary/aromatic N) is 7. The van der Waals surface area contributed by atoms with Crippen molar-refractivity contribution in [2.75, 3.05) is 24.3 Å². The van der Waals surface area contributed by atoms with Crippen molar-refractivity contribution in [3.05, 3.63) is 226 Å². The molecule has 15 heteroatoms. The summed E-state index contributed by atoms with van der Waals surface area (Å²) < 4.78 is 10.2. The lowest BCUT2D eigenvalue weighted by atomic mass is 10.1. The zero-order chi connectivity index (χ0) is 48.3. The predicted octanol–water partition coefficient (Wildman–Crippen LogP) is 9.40. The maximum atomic E-state index is 12.8. The van der Waals surface area contributed by atoms with Crippen LogP contribution in [0.3, 0.4) is 0 Å². The lowest BCUT2D eigenvalue weighted by Gasteiger charge is -2.09. The third kappa shape index (κ3) is 10.7. The van der Waals surface area contributed by atoms with Crippen molar-refractivity contribution in [1.82, 2.24) is 28.7 Å². The molecule has 338 valence electrons. The van der Waals surface area contributed by atoms with Crippen LogP contribution in [0.2, 0.25) is 5.02 Å². The second-order valence-corrected chi connectivity index (χ2v) is 15.7. The van der Waals surface area contributed by atoms with Gasteiger partial charge in [-0.15, -0.1) is 0 Å². The van der Waals surface area contributed by atoms with Gasteiger partial charge in [0, 0.05) is 38.8 Å². The number of carbonyl (C=O) groups is 3. The molecule has 0 fully saturated rings. The van der Waals surface area contributed by atoms with E-state index in [9.17, 15) is 14.4 Å². The average Bonchev–Trinajstić information content (AvgIpc) is 4.07. The minimum atomic E-state index is -0.210. The second kappa shape index (κ2) is 21.3. The molecular formula is C53H45ClN10O4. The molecule has 0 unspecified atom stereocenters. The Kier molecular flexibility index (Phi) is 14.7. The zero-order valence-corrected chi connectivity index (χ0v) is 38.0. The molecule has 68 heavy (non-hydrogen) atoms. The molecule has 6 N–H and O–H groups in total. The standard InChI is InChI=1S/C18H14N4O.C18H17N3O2.C17H14ClN3O/c19-11-10-13-6-8-15(9-7-13)22-12-21-18(20)16(22)17(23)14-4-2-1-3-5-14;1-12-3-7-14(8-4-12)21-11-20-18(19)16(21)17(22)13-5-9-15(23-2)10-6-13;1-11-5-7-14(8-6-11)21-10-20-17(19)15(21)16(22)12-3-2-4-13(18)9-12/h1-9,12H,10,20H2;3-11H,19H2,1-2H3;2-10H,19H2,1H3. The first-order valence-electron chi connectivity index (χ1n) is 21.0. The van der Waals surface area contributed by atoms with Crippen molar-refractivity contribution in [3.8, 4) is 28.9 Å². The average molecular weight is 921 g/mol. The van der Waals surface area contributed by atoms with Crippen LogP contribution in [0, 0.1) is 25.2 Å². The fourth-order valence-electron chi connectivity index (χ4n) is 7.00. The molecule has 0 aliphatic heterocycles. The SMILES string of the molecule is COc1ccc(C(=O)c2c(N)ncn2-c2ccc(C)cc2)cc1.Cc1ccc(-n2cnc(N)c2C(=O)c2cccc(Cl)c2)cc1.N#CCc1ccc(-n2cnc(N)c2C(=O)c2ccccc2)cc1. The van der Waals surface area contributed by atoms with Crippen LogP contribution in [0.15, 0.2) is 171 Å². The molecule has 0 bridgehead atoms. The van der Waals surface area contributed by atoms with Gasteiger partial charge in [0.2, 0.25) is 17.3 Å². The van der Waals surface area contributed by atoms with E-state index in [0.717, 1.165) is 33.8 Å². The van der Waals surface area contributed by atoms with E-state index >= 15 is 0 Å². The number of methoxy groups -OCH3 is 1. The highest BCUT2D eigenvalue weighted by atomic mass is 35.5. The fourth-order valence-corrected chi connectivity index (χ4v) is 7.19. The maximum absolute atomic E-state index is 12.8. The van der Waals surface area contributed by atoms with Gasteiger partial charge in [-0.3, -0.25) is 28.1 Å². The third-order valence-corrected chi connectivity index (χ3v) is 10.9. The minimum absolute atomic E-state index is 0.178. The normalized spacial score (nSPS) is 10.5. The van der Waals surface area contributed by atoms with E-state index in [2.05, 4.69) is 21.0 Å². The Morgan fingerprint density at radius 1 is 0.544 bits per heavy atom. The van der Waals surface area contributed by atoms with Gasteiger partial charge in [0.25, 0.3) is 0 Å². The molecule has 9 aromatic rings. The number of benzene rings is 6. The molecule has 0 saturated carbocycles. The summed E-state index contributed by atoms with van der Waals surface area (Å²) >= 11 is 5.96. The third-order valence-electron chi connectivity index (χ3n) is 10.6. The molecule has 0 radical (unpaired) electrons. The number of ketones is 3. The van der Waals surface area contributed by atoms with Crippen molar-refractivity contribution in [1.29, 1.82) is 5.26 Å². The van der Waals surface area contributed by atoms with E-state index < -0.39 is 0 Å². The first kappa shape index (κ1) is 46.9. The van der Waals surface area contributed by atoms with Crippen LogP contribution in [-0.4, -0.2) is 53.1 Å². The Labute approximate surface area is 397 Å². The topological polar surface area (TPSA) is 216 Å². The summed E-state index contributed by atoms with van der Waals surface area (Å²) in [5, 5.41) is 9.23. The molecule has 6 aromatic carbocycles. The number of ether oxygens (including phenoxy) is 1. The Bertz CT molecular complexity index is 3240. The number of aryl methyl sites for hydroxylation is 2. The Morgan fingerprint density at radius 3 is 1.35 bits per heavy atom. The van der Waals surface area contributed by atoms with E-state index in [-0.39, 0.29) is 34.8 Å². The predicted molar refractivity (Wildman–Crippen MR) is 264 cm³/mol. The van der Waals surface area contributed by atoms with E-state index in [0.29, 0.717) is 51.0 Å². The first-order valence-corrected chi connectivity index (χ1v) is 21.4. The zero-order valence-electron chi connectivity index (χ0n) is 37.2. The van der Waals surface area contributed by atoms with E-state index in [1.54, 1.807) is 106 Å². The van der Waals surface area contributed by atoms with Crippen molar-refractivity contribution in [2.24, 2.45) is 0 Å². The van der Waals surface area contributed by atoms with Crippen LogP contribution in [0.4, 0.5) is 17.5 Å². The second-order valence-electron chi connectivity index (χ2n) is 15.3. The van der Waals surface area contributed by atoms with E-state index in [1.807, 2.05) is 92.7 Å². The van der Waals surface area contributed by atoms with Gasteiger partial charge in [-0.05, 0) is 92.2 Å². The van der Waals surface area contributed by atoms with Gasteiger partial charge in [-0.25, -0.2) is 15.0 Å². The van der Waals surface area contributed by atoms with Crippen molar-refractivity contribution in [2.45, 2.75) is 20.3 Å². The number of nitrogens with two attached hydrogens (primary N) is 3. The van der Waals surface area contributed by atoms with Crippen LogP contribution in [0.5, 0.6) is 5.75 Å². The Balaban J connectivity index is 0.000000151. The van der Waals surface area contributed by atoms with E-state index in [4.69, 9.17) is 38.8 Å². The number of hydrogen-bond acceptors (Lipinski definition) is 11. The monoisotopic (exact) mass is 920 g/mol. The molecule has 3 heterocycles. The number of carbonyl (C=O) groups excluding carboxylic acids is 3. The number of imidazole rings is 3. The quantitative estimate of drug-likeness (QED) is 0.104. The molecule has 0 spiro atoms. The van der Waals surface area contributed by atoms with Crippen LogP contribution >= 0.6 is 11.6 Å². The highest BCUT2D eigenvalue weighted by molar-refractivity contribution is 6.31. The number of rotatable bonds is 11. The van der Waals surface area contributed by atoms with Gasteiger partial charge in [0.1, 0.15) is 41.8 Å². The molecular weight excluding hydrogens is 876 g/mol. The Hall–Kier alpha value is -9.06. The Morgan fingerprint density at radius 2 is 0.941 bits per heavy atom. The minimum Gasteiger partial charge on any atom is -0.497 e. The van der Waals surface area contributed by atoms with Gasteiger partial charge < -0.3 is 21.9 Å². The molecule has 3 aromatic heterocycles. The number of halogens is 1. The number of hydrogen-bond donors (Lipinski definition) is 3. The van der Waals surface area contributed by atoms with Gasteiger partial charge >= 0.3 is 0 Å². The van der Waals surface area contributed by atoms with Gasteiger partial charge in [-0.1, -0.05) is 102 Å². The van der Waals surface area contributed by atoms with Crippen molar-refractivity contribution in [3.63, 3.8) is 0 Å². The molecule has 14 nitrogen and oxygen atoms in total. The largest absolute Gasteiger partial charge is 0.497 e. The molecule has 0 atom stereocenters. The number of aromatic nitrogens is 6. The summed E-state index contributed by atoms with van der Waals surface area (Å²) in [7, 11) is 1.58. The van der Waals surface area contributed by atoms with Crippen LogP contribution in [-0.2, 0) is 6.42 Å². The van der Waals surface area contributed by atoms with Crippen LogP contribution in [0.1, 0.15) is 64.8 Å². The van der Waals surface area contributed by atoms with Gasteiger partial charge in [-0.2, -0.15) is 5.26 Å². The number of nitrogen functional groups attached to an aromatic ring is 3. The number of nitriles is 1. The summed E-state index contributed by atoms with van der Waals surface area (Å²) in [6.45, 7) is 4.01. The smallest absolute Gasteiger partial charge is 0.213 e. The highest BCUT2D eigenvalue weighted by Crippen LogP contribution is 2.25. The molecule has 0 aliphatic carbocycles. The lowest BCUT2D eigenvalue weighted by Crippen LogP contribution is -2.11. The van der Waals surface area contributed by atoms with Crippen molar-refractivity contribution >= 4 is 46.4 Å². The highest BCUT2D eigenvalue weighted by Gasteiger charge is 2.22. The molecule has 9 rings (SSSR count). The summed E-state index contributed by atoms with van der Waals surface area (Å²) in [6, 6.07) is 47.8. The van der Waals surface area contributed by atoms with Gasteiger partial charge in [0.05, 0.1) is 19.6 Å². The molecule has 0 aliphatic rings. The summed E-state index contributed by atoms with van der Waals surface area (Å²) in [5.74, 6) is 0.737. The number of anilines is 3. The fraction of sp³-hybridized carbons (Fsp3) is 0.0755.